The molecule has 0 heterocycles. The highest BCUT2D eigenvalue weighted by Crippen LogP contribution is 2.27. The van der Waals surface area contributed by atoms with E-state index in [0.717, 1.165) is 26.2 Å². The molecule has 214 valence electrons. The summed E-state index contributed by atoms with van der Waals surface area (Å²) in [6.07, 6.45) is 1.96. The van der Waals surface area contributed by atoms with Crippen molar-refractivity contribution in [1.82, 2.24) is 10.2 Å². The fourth-order valence-corrected chi connectivity index (χ4v) is 5.69. The quantitative estimate of drug-likeness (QED) is 0.254. The summed E-state index contributed by atoms with van der Waals surface area (Å²) in [5, 5.41) is 3.46. The molecule has 0 aliphatic heterocycles. The van der Waals surface area contributed by atoms with Crippen molar-refractivity contribution in [2.24, 2.45) is 0 Å². The van der Waals surface area contributed by atoms with Gasteiger partial charge in [0.05, 0.1) is 11.9 Å². The number of anilines is 1. The fraction of sp³-hybridized carbons (Fsp3) is 0.310. The monoisotopic (exact) mass is 667 g/mol. The van der Waals surface area contributed by atoms with Gasteiger partial charge in [-0.05, 0) is 54.8 Å². The summed E-state index contributed by atoms with van der Waals surface area (Å²) < 4.78 is 27.6. The second-order valence-electron chi connectivity index (χ2n) is 9.57. The summed E-state index contributed by atoms with van der Waals surface area (Å²) in [6, 6.07) is 20.1. The van der Waals surface area contributed by atoms with E-state index >= 15 is 0 Å². The van der Waals surface area contributed by atoms with Crippen molar-refractivity contribution in [3.63, 3.8) is 0 Å². The topological polar surface area (TPSA) is 86.8 Å². The van der Waals surface area contributed by atoms with Crippen LogP contribution in [0.5, 0.6) is 0 Å². The van der Waals surface area contributed by atoms with Crippen LogP contribution in [0.15, 0.2) is 77.3 Å². The summed E-state index contributed by atoms with van der Waals surface area (Å²) in [7, 11) is -3.92. The zero-order valence-electron chi connectivity index (χ0n) is 22.5. The predicted octanol–water partition coefficient (Wildman–Crippen LogP) is 6.08. The molecule has 0 bridgehead atoms. The average Bonchev–Trinajstić information content (AvgIpc) is 2.89. The van der Waals surface area contributed by atoms with Gasteiger partial charge in [-0.2, -0.15) is 0 Å². The highest BCUT2D eigenvalue weighted by Gasteiger charge is 2.33. The Hall–Kier alpha value is -2.59. The highest BCUT2D eigenvalue weighted by molar-refractivity contribution is 9.10. The zero-order valence-corrected chi connectivity index (χ0v) is 26.4. The summed E-state index contributed by atoms with van der Waals surface area (Å²) in [5.41, 5.74) is 1.80. The molecule has 0 aromatic heterocycles. The minimum absolute atomic E-state index is 0.0887. The van der Waals surface area contributed by atoms with Crippen LogP contribution >= 0.6 is 39.1 Å². The van der Waals surface area contributed by atoms with Gasteiger partial charge in [0.15, 0.2) is 0 Å². The van der Waals surface area contributed by atoms with E-state index in [1.54, 1.807) is 0 Å². The maximum absolute atomic E-state index is 14.1. The molecule has 0 radical (unpaired) electrons. The molecule has 1 N–H and O–H groups in total. The van der Waals surface area contributed by atoms with Crippen molar-refractivity contribution in [1.29, 1.82) is 0 Å². The van der Waals surface area contributed by atoms with Crippen LogP contribution in [0.3, 0.4) is 0 Å². The lowest BCUT2D eigenvalue weighted by atomic mass is 10.0. The Balaban J connectivity index is 2.07. The van der Waals surface area contributed by atoms with Gasteiger partial charge >= 0.3 is 0 Å². The second kappa shape index (κ2) is 14.3. The summed E-state index contributed by atoms with van der Waals surface area (Å²) in [6.45, 7) is 3.40. The van der Waals surface area contributed by atoms with Gasteiger partial charge in [-0.1, -0.05) is 88.5 Å². The standard InChI is InChI=1S/C29H32BrCl2N3O4S/c1-4-20(2)33-29(37)27(14-21-8-6-5-7-9-21)34(18-22-10-12-23(30)13-11-22)28(36)19-35(40(3,38)39)26-16-24(31)15-25(32)17-26/h5-13,15-17,20,27H,4,14,18-19H2,1-3H3,(H,33,37)/t20-,27-/m1/s1. The Bertz CT molecular complexity index is 1400. The van der Waals surface area contributed by atoms with Gasteiger partial charge in [0.25, 0.3) is 0 Å². The van der Waals surface area contributed by atoms with Crippen molar-refractivity contribution in [2.45, 2.75) is 45.3 Å². The third-order valence-electron chi connectivity index (χ3n) is 6.35. The normalized spacial score (nSPS) is 12.8. The average molecular weight is 669 g/mol. The predicted molar refractivity (Wildman–Crippen MR) is 165 cm³/mol. The van der Waals surface area contributed by atoms with Crippen LogP contribution in [0.4, 0.5) is 5.69 Å². The van der Waals surface area contributed by atoms with Crippen molar-refractivity contribution in [3.05, 3.63) is 98.4 Å². The number of hydrogen-bond donors (Lipinski definition) is 1. The summed E-state index contributed by atoms with van der Waals surface area (Å²) >= 11 is 15.7. The van der Waals surface area contributed by atoms with Gasteiger partial charge in [0.1, 0.15) is 12.6 Å². The minimum Gasteiger partial charge on any atom is -0.352 e. The van der Waals surface area contributed by atoms with E-state index in [0.29, 0.717) is 6.42 Å². The Morgan fingerprint density at radius 2 is 1.55 bits per heavy atom. The third kappa shape index (κ3) is 9.23. The van der Waals surface area contributed by atoms with Crippen molar-refractivity contribution < 1.29 is 18.0 Å². The SMILES string of the molecule is CC[C@@H](C)NC(=O)[C@@H](Cc1ccccc1)N(Cc1ccc(Br)cc1)C(=O)CN(c1cc(Cl)cc(Cl)c1)S(C)(=O)=O. The van der Waals surface area contributed by atoms with Crippen LogP contribution in [0, 0.1) is 0 Å². The lowest BCUT2D eigenvalue weighted by molar-refractivity contribution is -0.140. The Labute approximate surface area is 254 Å². The number of halogens is 3. The summed E-state index contributed by atoms with van der Waals surface area (Å²) in [4.78, 5) is 29.2. The van der Waals surface area contributed by atoms with Gasteiger partial charge in [-0.15, -0.1) is 0 Å². The third-order valence-corrected chi connectivity index (χ3v) is 8.46. The minimum atomic E-state index is -3.92. The van der Waals surface area contributed by atoms with E-state index in [2.05, 4.69) is 21.2 Å². The second-order valence-corrected chi connectivity index (χ2v) is 13.3. The molecule has 7 nitrogen and oxygen atoms in total. The van der Waals surface area contributed by atoms with Crippen LogP contribution in [-0.4, -0.2) is 50.0 Å². The first-order valence-electron chi connectivity index (χ1n) is 12.7. The summed E-state index contributed by atoms with van der Waals surface area (Å²) in [5.74, 6) is -0.870. The molecular formula is C29H32BrCl2N3O4S. The maximum Gasteiger partial charge on any atom is 0.244 e. The molecule has 3 aromatic rings. The molecule has 0 unspecified atom stereocenters. The molecule has 0 aliphatic rings. The molecule has 0 saturated heterocycles. The van der Waals surface area contributed by atoms with Crippen molar-refractivity contribution in [2.75, 3.05) is 17.1 Å². The van der Waals surface area contributed by atoms with Crippen LogP contribution in [0.2, 0.25) is 10.0 Å². The van der Waals surface area contributed by atoms with Crippen LogP contribution in [0.1, 0.15) is 31.4 Å². The molecule has 3 rings (SSSR count). The molecule has 3 aromatic carbocycles. The van der Waals surface area contributed by atoms with Crippen LogP contribution in [0.25, 0.3) is 0 Å². The Morgan fingerprint density at radius 3 is 2.10 bits per heavy atom. The number of sulfonamides is 1. The van der Waals surface area contributed by atoms with Gasteiger partial charge in [0, 0.05) is 33.5 Å². The highest BCUT2D eigenvalue weighted by atomic mass is 79.9. The molecule has 40 heavy (non-hydrogen) atoms. The molecule has 0 fully saturated rings. The van der Waals surface area contributed by atoms with E-state index < -0.39 is 28.5 Å². The number of benzene rings is 3. The number of nitrogens with zero attached hydrogens (tertiary/aromatic N) is 2. The Kier molecular flexibility index (Phi) is 11.5. The maximum atomic E-state index is 14.1. The van der Waals surface area contributed by atoms with E-state index in [9.17, 15) is 18.0 Å². The van der Waals surface area contributed by atoms with Crippen molar-refractivity contribution >= 4 is 66.7 Å². The van der Waals surface area contributed by atoms with Crippen LogP contribution in [-0.2, 0) is 32.6 Å². The van der Waals surface area contributed by atoms with E-state index in [1.807, 2.05) is 68.4 Å². The molecule has 0 aliphatic carbocycles. The van der Waals surface area contributed by atoms with Crippen LogP contribution < -0.4 is 9.62 Å². The molecule has 2 amide bonds. The van der Waals surface area contributed by atoms with Gasteiger partial charge in [-0.3, -0.25) is 13.9 Å². The first kappa shape index (κ1) is 31.9. The van der Waals surface area contributed by atoms with Gasteiger partial charge in [0.2, 0.25) is 21.8 Å². The smallest absolute Gasteiger partial charge is 0.244 e. The number of nitrogens with one attached hydrogen (secondary N) is 1. The van der Waals surface area contributed by atoms with E-state index in [1.165, 1.54) is 23.1 Å². The molecule has 2 atom stereocenters. The number of amides is 2. The Morgan fingerprint density at radius 1 is 0.950 bits per heavy atom. The number of hydrogen-bond acceptors (Lipinski definition) is 4. The lowest BCUT2D eigenvalue weighted by Gasteiger charge is -2.34. The number of rotatable bonds is 12. The van der Waals surface area contributed by atoms with Gasteiger partial charge in [-0.25, -0.2) is 8.42 Å². The molecular weight excluding hydrogens is 637 g/mol. The lowest BCUT2D eigenvalue weighted by Crippen LogP contribution is -2.54. The fourth-order valence-electron chi connectivity index (χ4n) is 4.08. The van der Waals surface area contributed by atoms with Crippen molar-refractivity contribution in [3.8, 4) is 0 Å². The first-order valence-corrected chi connectivity index (χ1v) is 16.1. The molecule has 0 spiro atoms. The molecule has 11 heteroatoms. The van der Waals surface area contributed by atoms with Gasteiger partial charge < -0.3 is 10.2 Å². The van der Waals surface area contributed by atoms with E-state index in [-0.39, 0.29) is 40.6 Å². The number of carbonyl (C=O) groups is 2. The largest absolute Gasteiger partial charge is 0.352 e. The molecule has 0 saturated carbocycles. The number of carbonyl (C=O) groups excluding carboxylic acids is 2. The first-order chi connectivity index (χ1) is 18.9. The van der Waals surface area contributed by atoms with E-state index in [4.69, 9.17) is 23.2 Å². The zero-order chi connectivity index (χ0) is 29.4.